The van der Waals surface area contributed by atoms with Crippen molar-refractivity contribution in [3.05, 3.63) is 45.0 Å². The van der Waals surface area contributed by atoms with Crippen LogP contribution in [0.2, 0.25) is 5.02 Å². The summed E-state index contributed by atoms with van der Waals surface area (Å²) in [6.45, 7) is 4.67. The zero-order valence-electron chi connectivity index (χ0n) is 13.3. The van der Waals surface area contributed by atoms with Crippen LogP contribution in [-0.4, -0.2) is 29.3 Å². The predicted molar refractivity (Wildman–Crippen MR) is 95.3 cm³/mol. The van der Waals surface area contributed by atoms with E-state index < -0.39 is 5.97 Å². The second kappa shape index (κ2) is 8.41. The summed E-state index contributed by atoms with van der Waals surface area (Å²) in [5.41, 5.74) is 3.11. The van der Waals surface area contributed by atoms with Crippen LogP contribution in [0, 0.1) is 6.92 Å². The van der Waals surface area contributed by atoms with E-state index in [1.54, 1.807) is 11.8 Å². The Labute approximate surface area is 145 Å². The highest BCUT2D eigenvalue weighted by Crippen LogP contribution is 2.30. The lowest BCUT2D eigenvalue weighted by Crippen LogP contribution is -2.15. The van der Waals surface area contributed by atoms with E-state index in [9.17, 15) is 4.79 Å². The minimum absolute atomic E-state index is 0.180. The van der Waals surface area contributed by atoms with Gasteiger partial charge in [0.25, 0.3) is 0 Å². The number of benzene rings is 1. The fraction of sp³-hybridized carbons (Fsp3) is 0.412. The van der Waals surface area contributed by atoms with E-state index in [2.05, 4.69) is 11.9 Å². The summed E-state index contributed by atoms with van der Waals surface area (Å²) in [6.07, 6.45) is 1.67. The molecular formula is C17H20ClNO3S. The number of aliphatic imine (C=N–C) groups is 1. The van der Waals surface area contributed by atoms with Crippen molar-refractivity contribution in [1.29, 1.82) is 0 Å². The van der Waals surface area contributed by atoms with Crippen LogP contribution in [0.5, 0.6) is 0 Å². The van der Waals surface area contributed by atoms with Crippen molar-refractivity contribution in [3.63, 3.8) is 0 Å². The van der Waals surface area contributed by atoms with Crippen molar-refractivity contribution >= 4 is 35.2 Å². The van der Waals surface area contributed by atoms with Crippen LogP contribution in [0.1, 0.15) is 37.3 Å². The van der Waals surface area contributed by atoms with Crippen molar-refractivity contribution in [3.8, 4) is 0 Å². The average molecular weight is 354 g/mol. The maximum absolute atomic E-state index is 10.6. The van der Waals surface area contributed by atoms with Gasteiger partial charge in [0.2, 0.25) is 5.90 Å². The highest BCUT2D eigenvalue weighted by Gasteiger charge is 2.19. The predicted octanol–water partition coefficient (Wildman–Crippen LogP) is 4.64. The molecule has 0 unspecified atom stereocenters. The Morgan fingerprint density at radius 3 is 2.91 bits per heavy atom. The molecule has 1 aliphatic rings. The first kappa shape index (κ1) is 17.9. The lowest BCUT2D eigenvalue weighted by Gasteiger charge is -2.21. The molecule has 0 aromatic heterocycles. The van der Waals surface area contributed by atoms with Gasteiger partial charge in [-0.3, -0.25) is 4.79 Å². The van der Waals surface area contributed by atoms with E-state index >= 15 is 0 Å². The molecule has 0 saturated heterocycles. The number of hydrogen-bond donors (Lipinski definition) is 1. The van der Waals surface area contributed by atoms with Crippen molar-refractivity contribution in [2.75, 3.05) is 12.3 Å². The SMILES string of the molecule is CCC1=C(SCCCC(=O)O)OC(c2ccc(Cl)cc2C)=NC1. The van der Waals surface area contributed by atoms with E-state index in [-0.39, 0.29) is 6.42 Å². The molecule has 0 aliphatic carbocycles. The normalized spacial score (nSPS) is 14.5. The fourth-order valence-electron chi connectivity index (χ4n) is 2.21. The highest BCUT2D eigenvalue weighted by molar-refractivity contribution is 8.02. The summed E-state index contributed by atoms with van der Waals surface area (Å²) < 4.78 is 6.01. The minimum Gasteiger partial charge on any atom is -0.481 e. The monoisotopic (exact) mass is 353 g/mol. The van der Waals surface area contributed by atoms with E-state index in [4.69, 9.17) is 21.4 Å². The number of thioether (sulfide) groups is 1. The van der Waals surface area contributed by atoms with Crippen LogP contribution in [0.3, 0.4) is 0 Å². The molecule has 2 rings (SSSR count). The number of aryl methyl sites for hydroxylation is 1. The maximum atomic E-state index is 10.6. The molecule has 4 nitrogen and oxygen atoms in total. The number of aliphatic carboxylic acids is 1. The van der Waals surface area contributed by atoms with E-state index in [0.717, 1.165) is 34.0 Å². The van der Waals surface area contributed by atoms with E-state index in [1.165, 1.54) is 0 Å². The number of hydrogen-bond acceptors (Lipinski definition) is 4. The minimum atomic E-state index is -0.765. The van der Waals surface area contributed by atoms with Gasteiger partial charge in [-0.05, 0) is 43.5 Å². The molecule has 1 aliphatic heterocycles. The summed E-state index contributed by atoms with van der Waals surface area (Å²) >= 11 is 7.56. The standard InChI is InChI=1S/C17H20ClNO3S/c1-3-12-10-19-16(14-7-6-13(18)9-11(14)2)22-17(12)23-8-4-5-15(20)21/h6-7,9H,3-5,8,10H2,1-2H3,(H,20,21). The number of carboxylic acid groups (broad SMARTS) is 1. The smallest absolute Gasteiger partial charge is 0.303 e. The lowest BCUT2D eigenvalue weighted by atomic mass is 10.1. The number of rotatable bonds is 7. The van der Waals surface area contributed by atoms with Gasteiger partial charge in [-0.2, -0.15) is 0 Å². The molecule has 1 aromatic rings. The molecule has 0 amide bonds. The van der Waals surface area contributed by atoms with Crippen LogP contribution in [0.25, 0.3) is 0 Å². The zero-order valence-corrected chi connectivity index (χ0v) is 14.8. The third-order valence-electron chi connectivity index (χ3n) is 3.51. The van der Waals surface area contributed by atoms with Crippen LogP contribution < -0.4 is 0 Å². The quantitative estimate of drug-likeness (QED) is 0.725. The first-order chi connectivity index (χ1) is 11.0. The number of nitrogens with zero attached hydrogens (tertiary/aromatic N) is 1. The number of halogens is 1. The summed E-state index contributed by atoms with van der Waals surface area (Å²) in [5.74, 6) is 0.564. The molecule has 0 saturated carbocycles. The Hall–Kier alpha value is -1.46. The Kier molecular flexibility index (Phi) is 6.54. The Morgan fingerprint density at radius 2 is 2.26 bits per heavy atom. The van der Waals surface area contributed by atoms with E-state index in [0.29, 0.717) is 23.9 Å². The molecule has 0 spiro atoms. The third-order valence-corrected chi connectivity index (χ3v) is 4.87. The topological polar surface area (TPSA) is 58.9 Å². The first-order valence-corrected chi connectivity index (χ1v) is 8.93. The Balaban J connectivity index is 2.06. The molecule has 23 heavy (non-hydrogen) atoms. The number of carbonyl (C=O) groups is 1. The number of carboxylic acids is 1. The molecular weight excluding hydrogens is 334 g/mol. The van der Waals surface area contributed by atoms with Crippen LogP contribution in [-0.2, 0) is 9.53 Å². The second-order valence-electron chi connectivity index (χ2n) is 5.27. The van der Waals surface area contributed by atoms with Crippen molar-refractivity contribution in [2.24, 2.45) is 4.99 Å². The summed E-state index contributed by atoms with van der Waals surface area (Å²) in [4.78, 5) is 15.1. The van der Waals surface area contributed by atoms with Crippen LogP contribution in [0.4, 0.5) is 0 Å². The Morgan fingerprint density at radius 1 is 1.48 bits per heavy atom. The third kappa shape index (κ3) is 5.01. The van der Waals surface area contributed by atoms with Gasteiger partial charge in [-0.15, -0.1) is 0 Å². The lowest BCUT2D eigenvalue weighted by molar-refractivity contribution is -0.137. The molecule has 1 N–H and O–H groups in total. The largest absolute Gasteiger partial charge is 0.481 e. The molecule has 0 fully saturated rings. The summed E-state index contributed by atoms with van der Waals surface area (Å²) in [5, 5.41) is 10.3. The van der Waals surface area contributed by atoms with Crippen molar-refractivity contribution in [1.82, 2.24) is 0 Å². The molecule has 1 heterocycles. The van der Waals surface area contributed by atoms with Gasteiger partial charge in [-0.1, -0.05) is 30.3 Å². The summed E-state index contributed by atoms with van der Waals surface area (Å²) in [7, 11) is 0. The van der Waals surface area contributed by atoms with Gasteiger partial charge in [0, 0.05) is 28.3 Å². The van der Waals surface area contributed by atoms with E-state index in [1.807, 2.05) is 25.1 Å². The van der Waals surface area contributed by atoms with Gasteiger partial charge in [0.1, 0.15) is 0 Å². The molecule has 0 radical (unpaired) electrons. The van der Waals surface area contributed by atoms with Gasteiger partial charge >= 0.3 is 5.97 Å². The van der Waals surface area contributed by atoms with Gasteiger partial charge in [-0.25, -0.2) is 4.99 Å². The van der Waals surface area contributed by atoms with Crippen LogP contribution >= 0.6 is 23.4 Å². The van der Waals surface area contributed by atoms with Gasteiger partial charge in [0.15, 0.2) is 5.09 Å². The van der Waals surface area contributed by atoms with Crippen molar-refractivity contribution < 1.29 is 14.6 Å². The maximum Gasteiger partial charge on any atom is 0.303 e. The van der Waals surface area contributed by atoms with Crippen molar-refractivity contribution in [2.45, 2.75) is 33.1 Å². The Bertz CT molecular complexity index is 655. The second-order valence-corrected chi connectivity index (χ2v) is 6.78. The first-order valence-electron chi connectivity index (χ1n) is 7.56. The summed E-state index contributed by atoms with van der Waals surface area (Å²) in [6, 6.07) is 5.64. The zero-order chi connectivity index (χ0) is 16.8. The average Bonchev–Trinajstić information content (AvgIpc) is 2.51. The molecule has 0 bridgehead atoms. The number of ether oxygens (including phenoxy) is 1. The van der Waals surface area contributed by atoms with Gasteiger partial charge < -0.3 is 9.84 Å². The van der Waals surface area contributed by atoms with Gasteiger partial charge in [0.05, 0.1) is 6.54 Å². The van der Waals surface area contributed by atoms with Crippen LogP contribution in [0.15, 0.2) is 33.9 Å². The molecule has 1 aromatic carbocycles. The molecule has 0 atom stereocenters. The molecule has 6 heteroatoms. The fourth-order valence-corrected chi connectivity index (χ4v) is 3.46. The highest BCUT2D eigenvalue weighted by atomic mass is 35.5. The molecule has 124 valence electrons.